The van der Waals surface area contributed by atoms with Crippen LogP contribution in [-0.2, 0) is 17.7 Å². The van der Waals surface area contributed by atoms with Gasteiger partial charge in [-0.15, -0.1) is 11.3 Å². The van der Waals surface area contributed by atoms with Crippen LogP contribution in [0.5, 0.6) is 0 Å². The zero-order valence-corrected chi connectivity index (χ0v) is 9.98. The predicted octanol–water partition coefficient (Wildman–Crippen LogP) is 2.06. The van der Waals surface area contributed by atoms with E-state index in [1.807, 2.05) is 0 Å². The third-order valence-electron chi connectivity index (χ3n) is 2.75. The van der Waals surface area contributed by atoms with Gasteiger partial charge in [0.25, 0.3) is 0 Å². The van der Waals surface area contributed by atoms with E-state index in [-0.39, 0.29) is 0 Å². The summed E-state index contributed by atoms with van der Waals surface area (Å²) in [6.45, 7) is 4.52. The molecule has 1 atom stereocenters. The van der Waals surface area contributed by atoms with Crippen molar-refractivity contribution in [2.75, 3.05) is 13.2 Å². The minimum absolute atomic E-state index is 0.519. The fraction of sp³-hybridized carbons (Fsp3) is 0.727. The highest BCUT2D eigenvalue weighted by Gasteiger charge is 2.22. The van der Waals surface area contributed by atoms with E-state index < -0.39 is 0 Å². The monoisotopic (exact) mass is 226 g/mol. The van der Waals surface area contributed by atoms with Gasteiger partial charge in [-0.05, 0) is 12.8 Å². The van der Waals surface area contributed by atoms with E-state index in [4.69, 9.17) is 15.5 Å². The van der Waals surface area contributed by atoms with E-state index in [2.05, 4.69) is 6.92 Å². The molecule has 0 amide bonds. The number of ether oxygens (including phenoxy) is 1. The smallest absolute Gasteiger partial charge is 0.0986 e. The number of nitrogens with two attached hydrogens (primary N) is 1. The van der Waals surface area contributed by atoms with Crippen molar-refractivity contribution >= 4 is 11.3 Å². The van der Waals surface area contributed by atoms with E-state index in [1.54, 1.807) is 11.3 Å². The molecule has 0 aromatic carbocycles. The topological polar surface area (TPSA) is 48.1 Å². The molecule has 0 saturated carbocycles. The maximum Gasteiger partial charge on any atom is 0.0986 e. The summed E-state index contributed by atoms with van der Waals surface area (Å²) in [5, 5.41) is 1.23. The molecule has 1 aromatic heterocycles. The Morgan fingerprint density at radius 3 is 3.07 bits per heavy atom. The van der Waals surface area contributed by atoms with Gasteiger partial charge in [-0.25, -0.2) is 4.98 Å². The van der Waals surface area contributed by atoms with Crippen LogP contribution in [0.25, 0.3) is 0 Å². The number of aromatic nitrogens is 1. The van der Waals surface area contributed by atoms with E-state index in [9.17, 15) is 0 Å². The Labute approximate surface area is 94.7 Å². The fourth-order valence-electron chi connectivity index (χ4n) is 1.90. The standard InChI is InChI=1S/C11H18N2OS/c1-2-3-9-10(6-12)15-11(13-9)8-4-5-14-7-8/h8H,2-7,12H2,1H3. The lowest BCUT2D eigenvalue weighted by molar-refractivity contribution is 0.194. The summed E-state index contributed by atoms with van der Waals surface area (Å²) in [6, 6.07) is 0. The van der Waals surface area contributed by atoms with Crippen LogP contribution in [0.15, 0.2) is 0 Å². The molecule has 0 radical (unpaired) electrons. The third-order valence-corrected chi connectivity index (χ3v) is 4.03. The van der Waals surface area contributed by atoms with Gasteiger partial charge < -0.3 is 10.5 Å². The van der Waals surface area contributed by atoms with Crippen molar-refractivity contribution < 1.29 is 4.74 Å². The van der Waals surface area contributed by atoms with Gasteiger partial charge in [0.05, 0.1) is 17.3 Å². The zero-order valence-electron chi connectivity index (χ0n) is 9.16. The van der Waals surface area contributed by atoms with Crippen LogP contribution in [0.2, 0.25) is 0 Å². The highest BCUT2D eigenvalue weighted by atomic mass is 32.1. The molecule has 1 aliphatic rings. The van der Waals surface area contributed by atoms with Crippen LogP contribution in [0.1, 0.15) is 41.3 Å². The van der Waals surface area contributed by atoms with Crippen LogP contribution in [0.4, 0.5) is 0 Å². The van der Waals surface area contributed by atoms with E-state index in [1.165, 1.54) is 15.6 Å². The van der Waals surface area contributed by atoms with Crippen molar-refractivity contribution in [3.63, 3.8) is 0 Å². The van der Waals surface area contributed by atoms with Gasteiger partial charge in [0, 0.05) is 23.9 Å². The largest absolute Gasteiger partial charge is 0.381 e. The Morgan fingerprint density at radius 2 is 2.47 bits per heavy atom. The van der Waals surface area contributed by atoms with Crippen LogP contribution in [0, 0.1) is 0 Å². The Bertz CT molecular complexity index is 318. The lowest BCUT2D eigenvalue weighted by Gasteiger charge is -2.00. The molecule has 84 valence electrons. The normalized spacial score (nSPS) is 21.1. The average molecular weight is 226 g/mol. The number of rotatable bonds is 4. The molecular weight excluding hydrogens is 208 g/mol. The molecule has 4 heteroatoms. The number of hydrogen-bond acceptors (Lipinski definition) is 4. The second-order valence-corrected chi connectivity index (χ2v) is 5.05. The van der Waals surface area contributed by atoms with Gasteiger partial charge in [-0.3, -0.25) is 0 Å². The third kappa shape index (κ3) is 2.38. The van der Waals surface area contributed by atoms with Crippen molar-refractivity contribution in [2.24, 2.45) is 5.73 Å². The Morgan fingerprint density at radius 1 is 1.60 bits per heavy atom. The SMILES string of the molecule is CCCc1nc(C2CCOC2)sc1CN. The molecule has 2 heterocycles. The van der Waals surface area contributed by atoms with Crippen molar-refractivity contribution in [3.05, 3.63) is 15.6 Å². The Kier molecular flexibility index (Phi) is 3.72. The summed E-state index contributed by atoms with van der Waals surface area (Å²) in [5.74, 6) is 0.519. The van der Waals surface area contributed by atoms with Crippen molar-refractivity contribution in [3.8, 4) is 0 Å². The first-order chi connectivity index (χ1) is 7.35. The number of hydrogen-bond donors (Lipinski definition) is 1. The number of thiazole rings is 1. The van der Waals surface area contributed by atoms with Gasteiger partial charge in [0.15, 0.2) is 0 Å². The van der Waals surface area contributed by atoms with E-state index in [0.717, 1.165) is 32.5 Å². The van der Waals surface area contributed by atoms with Crippen LogP contribution in [-0.4, -0.2) is 18.2 Å². The first kappa shape index (κ1) is 11.0. The highest BCUT2D eigenvalue weighted by Crippen LogP contribution is 2.31. The number of aryl methyl sites for hydroxylation is 1. The number of nitrogens with zero attached hydrogens (tertiary/aromatic N) is 1. The minimum Gasteiger partial charge on any atom is -0.381 e. The van der Waals surface area contributed by atoms with Gasteiger partial charge in [-0.1, -0.05) is 13.3 Å². The maximum absolute atomic E-state index is 5.73. The predicted molar refractivity (Wildman–Crippen MR) is 62.2 cm³/mol. The van der Waals surface area contributed by atoms with E-state index >= 15 is 0 Å². The summed E-state index contributed by atoms with van der Waals surface area (Å²) >= 11 is 1.78. The van der Waals surface area contributed by atoms with Gasteiger partial charge in [-0.2, -0.15) is 0 Å². The second kappa shape index (κ2) is 5.05. The first-order valence-corrected chi connectivity index (χ1v) is 6.43. The molecule has 0 spiro atoms. The van der Waals surface area contributed by atoms with Crippen molar-refractivity contribution in [2.45, 2.75) is 38.6 Å². The first-order valence-electron chi connectivity index (χ1n) is 5.61. The summed E-state index contributed by atoms with van der Waals surface area (Å²) in [5.41, 5.74) is 6.95. The molecule has 1 unspecified atom stereocenters. The van der Waals surface area contributed by atoms with Crippen molar-refractivity contribution in [1.29, 1.82) is 0 Å². The van der Waals surface area contributed by atoms with Crippen molar-refractivity contribution in [1.82, 2.24) is 4.98 Å². The molecule has 0 bridgehead atoms. The van der Waals surface area contributed by atoms with Gasteiger partial charge in [0.2, 0.25) is 0 Å². The summed E-state index contributed by atoms with van der Waals surface area (Å²) < 4.78 is 5.39. The fourth-order valence-corrected chi connectivity index (χ4v) is 3.01. The lowest BCUT2D eigenvalue weighted by Crippen LogP contribution is -1.98. The van der Waals surface area contributed by atoms with Gasteiger partial charge >= 0.3 is 0 Å². The molecule has 2 N–H and O–H groups in total. The van der Waals surface area contributed by atoms with Gasteiger partial charge in [0.1, 0.15) is 0 Å². The quantitative estimate of drug-likeness (QED) is 0.855. The molecule has 1 aromatic rings. The molecule has 15 heavy (non-hydrogen) atoms. The van der Waals surface area contributed by atoms with Crippen LogP contribution in [0.3, 0.4) is 0 Å². The second-order valence-electron chi connectivity index (χ2n) is 3.94. The summed E-state index contributed by atoms with van der Waals surface area (Å²) in [7, 11) is 0. The molecule has 1 saturated heterocycles. The van der Waals surface area contributed by atoms with Crippen LogP contribution >= 0.6 is 11.3 Å². The molecule has 1 aliphatic heterocycles. The Balaban J connectivity index is 2.17. The minimum atomic E-state index is 0.519. The lowest BCUT2D eigenvalue weighted by atomic mass is 10.1. The molecular formula is C11H18N2OS. The Hall–Kier alpha value is -0.450. The molecule has 1 fully saturated rings. The van der Waals surface area contributed by atoms with E-state index in [0.29, 0.717) is 12.5 Å². The highest BCUT2D eigenvalue weighted by molar-refractivity contribution is 7.11. The van der Waals surface area contributed by atoms with Crippen LogP contribution < -0.4 is 5.73 Å². The average Bonchev–Trinajstić information content (AvgIpc) is 2.84. The maximum atomic E-state index is 5.73. The molecule has 2 rings (SSSR count). The molecule has 0 aliphatic carbocycles. The molecule has 3 nitrogen and oxygen atoms in total. The summed E-state index contributed by atoms with van der Waals surface area (Å²) in [4.78, 5) is 5.97. The zero-order chi connectivity index (χ0) is 10.7. The summed E-state index contributed by atoms with van der Waals surface area (Å²) in [6.07, 6.45) is 3.30.